The van der Waals surface area contributed by atoms with Gasteiger partial charge in [0.05, 0.1) is 25.8 Å². The van der Waals surface area contributed by atoms with E-state index in [9.17, 15) is 4.79 Å². The van der Waals surface area contributed by atoms with Crippen LogP contribution in [0.15, 0.2) is 12.1 Å². The number of carbonyl (C=O) groups excluding carboxylic acids is 1. The summed E-state index contributed by atoms with van der Waals surface area (Å²) in [5, 5.41) is 4.90. The highest BCUT2D eigenvalue weighted by Gasteiger charge is 2.15. The van der Waals surface area contributed by atoms with E-state index < -0.39 is 0 Å². The van der Waals surface area contributed by atoms with Gasteiger partial charge in [-0.15, -0.1) is 11.3 Å². The molecule has 1 heterocycles. The fourth-order valence-electron chi connectivity index (χ4n) is 2.63. The Morgan fingerprint density at radius 1 is 1.16 bits per heavy atom. The molecule has 0 fully saturated rings. The topological polar surface area (TPSA) is 51.2 Å². The van der Waals surface area contributed by atoms with Crippen LogP contribution in [0, 0.1) is 0 Å². The zero-order valence-corrected chi connectivity index (χ0v) is 16.5. The van der Waals surface area contributed by atoms with E-state index >= 15 is 0 Å². The van der Waals surface area contributed by atoms with Gasteiger partial charge in [-0.3, -0.25) is 4.79 Å². The molecule has 1 amide bonds. The van der Waals surface area contributed by atoms with Gasteiger partial charge >= 0.3 is 0 Å². The number of benzene rings is 1. The van der Waals surface area contributed by atoms with Crippen LogP contribution < -0.4 is 10.1 Å². The number of nitrogens with one attached hydrogen (secondary N) is 1. The maximum Gasteiger partial charge on any atom is 0.257 e. The number of aromatic nitrogens is 1. The molecule has 0 aliphatic heterocycles. The van der Waals surface area contributed by atoms with Crippen molar-refractivity contribution in [3.05, 3.63) is 42.8 Å². The molecule has 4 nitrogen and oxygen atoms in total. The molecular weight excluding hydrogens is 403 g/mol. The highest BCUT2D eigenvalue weighted by Crippen LogP contribution is 2.33. The molecule has 0 saturated carbocycles. The number of amides is 1. The highest BCUT2D eigenvalue weighted by atomic mass is 35.5. The minimum Gasteiger partial charge on any atom is -0.482 e. The number of thiazole rings is 1. The van der Waals surface area contributed by atoms with E-state index in [0.29, 0.717) is 27.4 Å². The van der Waals surface area contributed by atoms with Crippen LogP contribution in [0.5, 0.6) is 5.75 Å². The molecule has 1 aliphatic rings. The van der Waals surface area contributed by atoms with E-state index in [1.165, 1.54) is 35.5 Å². The minimum atomic E-state index is -0.219. The van der Waals surface area contributed by atoms with Crippen molar-refractivity contribution in [3.63, 3.8) is 0 Å². The molecule has 3 rings (SSSR count). The van der Waals surface area contributed by atoms with Gasteiger partial charge in [0, 0.05) is 23.9 Å². The highest BCUT2D eigenvalue weighted by molar-refractivity contribution is 7.11. The van der Waals surface area contributed by atoms with Crippen molar-refractivity contribution >= 4 is 52.0 Å². The third-order valence-corrected chi connectivity index (χ3v) is 6.12. The first kappa shape index (κ1) is 18.8. The normalized spacial score (nSPS) is 13.4. The number of halogens is 3. The lowest BCUT2D eigenvalue weighted by atomic mass is 10.0. The summed E-state index contributed by atoms with van der Waals surface area (Å²) in [5.41, 5.74) is 1.25. The summed E-state index contributed by atoms with van der Waals surface area (Å²) in [6, 6.07) is 2.99. The monoisotopic (exact) mass is 418 g/mol. The summed E-state index contributed by atoms with van der Waals surface area (Å²) in [7, 11) is 0. The van der Waals surface area contributed by atoms with Crippen molar-refractivity contribution in [1.82, 2.24) is 10.3 Å². The van der Waals surface area contributed by atoms with Crippen LogP contribution in [0.3, 0.4) is 0 Å². The lowest BCUT2D eigenvalue weighted by Crippen LogP contribution is -2.30. The maximum absolute atomic E-state index is 11.9. The number of carbonyl (C=O) groups is 1. The van der Waals surface area contributed by atoms with Crippen LogP contribution in [0.1, 0.15) is 28.4 Å². The molecule has 1 aromatic heterocycles. The van der Waals surface area contributed by atoms with E-state index in [2.05, 4.69) is 10.3 Å². The second kappa shape index (κ2) is 8.58. The Hall–Kier alpha value is -1.01. The molecule has 25 heavy (non-hydrogen) atoms. The summed E-state index contributed by atoms with van der Waals surface area (Å²) in [4.78, 5) is 18.0. The molecule has 0 saturated heterocycles. The summed E-state index contributed by atoms with van der Waals surface area (Å²) in [6.45, 7) is 0.399. The molecule has 0 atom stereocenters. The average molecular weight is 420 g/mol. The van der Waals surface area contributed by atoms with Gasteiger partial charge in [0.2, 0.25) is 0 Å². The van der Waals surface area contributed by atoms with Gasteiger partial charge in [-0.1, -0.05) is 34.8 Å². The summed E-state index contributed by atoms with van der Waals surface area (Å²) in [5.74, 6) is 0.113. The van der Waals surface area contributed by atoms with Crippen molar-refractivity contribution in [2.75, 3.05) is 13.2 Å². The molecule has 0 spiro atoms. The first-order valence-corrected chi connectivity index (χ1v) is 9.99. The number of nitrogens with zero attached hydrogens (tertiary/aromatic N) is 1. The molecule has 0 unspecified atom stereocenters. The lowest BCUT2D eigenvalue weighted by Gasteiger charge is -2.09. The fourth-order valence-corrected chi connectivity index (χ4v) is 4.38. The second-order valence-electron chi connectivity index (χ2n) is 5.77. The molecule has 0 bridgehead atoms. The van der Waals surface area contributed by atoms with Gasteiger partial charge in [-0.05, 0) is 31.7 Å². The van der Waals surface area contributed by atoms with E-state index in [0.717, 1.165) is 24.3 Å². The summed E-state index contributed by atoms with van der Waals surface area (Å²) < 4.78 is 5.40. The van der Waals surface area contributed by atoms with E-state index in [1.807, 2.05) is 0 Å². The molecule has 1 aliphatic carbocycles. The zero-order chi connectivity index (χ0) is 17.8. The quantitative estimate of drug-likeness (QED) is 0.689. The molecule has 1 aromatic carbocycles. The largest absolute Gasteiger partial charge is 0.482 e. The van der Waals surface area contributed by atoms with Crippen LogP contribution >= 0.6 is 46.1 Å². The van der Waals surface area contributed by atoms with E-state index in [1.54, 1.807) is 11.3 Å². The SMILES string of the molecule is O=C(COc1cc(Cl)c(Cl)cc1Cl)NCCc1nc2c(s1)CCCC2. The average Bonchev–Trinajstić information content (AvgIpc) is 2.99. The third-order valence-electron chi connectivity index (χ3n) is 3.88. The smallest absolute Gasteiger partial charge is 0.257 e. The van der Waals surface area contributed by atoms with Crippen LogP contribution in [0.25, 0.3) is 0 Å². The second-order valence-corrected chi connectivity index (χ2v) is 8.16. The predicted octanol–water partition coefficient (Wildman–Crippen LogP) is 4.72. The van der Waals surface area contributed by atoms with Crippen LogP contribution in [0.2, 0.25) is 15.1 Å². The molecule has 1 N–H and O–H groups in total. The number of aryl methyl sites for hydroxylation is 2. The van der Waals surface area contributed by atoms with Gasteiger partial charge in [-0.2, -0.15) is 0 Å². The molecule has 8 heteroatoms. The van der Waals surface area contributed by atoms with Crippen LogP contribution in [-0.2, 0) is 24.1 Å². The van der Waals surface area contributed by atoms with Gasteiger partial charge < -0.3 is 10.1 Å². The Morgan fingerprint density at radius 3 is 2.72 bits per heavy atom. The van der Waals surface area contributed by atoms with Crippen molar-refractivity contribution < 1.29 is 9.53 Å². The van der Waals surface area contributed by atoms with Crippen molar-refractivity contribution in [3.8, 4) is 5.75 Å². The number of hydrogen-bond acceptors (Lipinski definition) is 4. The van der Waals surface area contributed by atoms with Gasteiger partial charge in [-0.25, -0.2) is 4.98 Å². The summed E-state index contributed by atoms with van der Waals surface area (Å²) in [6.07, 6.45) is 5.42. The molecule has 0 radical (unpaired) electrons. The van der Waals surface area contributed by atoms with Gasteiger partial charge in [0.1, 0.15) is 5.75 Å². The van der Waals surface area contributed by atoms with Crippen molar-refractivity contribution in [1.29, 1.82) is 0 Å². The first-order chi connectivity index (χ1) is 12.0. The van der Waals surface area contributed by atoms with Crippen LogP contribution in [0.4, 0.5) is 0 Å². The molecule has 134 valence electrons. The van der Waals surface area contributed by atoms with E-state index in [-0.39, 0.29) is 12.5 Å². The Kier molecular flexibility index (Phi) is 6.44. The standard InChI is InChI=1S/C17H17Cl3N2O2S/c18-10-7-12(20)14(8-11(10)19)24-9-16(23)21-6-5-17-22-13-3-1-2-4-15(13)25-17/h7-8H,1-6,9H2,(H,21,23). The Balaban J connectivity index is 1.44. The molecule has 2 aromatic rings. The first-order valence-electron chi connectivity index (χ1n) is 8.04. The third kappa shape index (κ3) is 5.00. The number of rotatable bonds is 6. The van der Waals surface area contributed by atoms with Crippen LogP contribution in [-0.4, -0.2) is 24.0 Å². The van der Waals surface area contributed by atoms with Crippen molar-refractivity contribution in [2.24, 2.45) is 0 Å². The Bertz CT molecular complexity index is 756. The maximum atomic E-state index is 11.9. The van der Waals surface area contributed by atoms with Crippen molar-refractivity contribution in [2.45, 2.75) is 32.1 Å². The Morgan fingerprint density at radius 2 is 1.92 bits per heavy atom. The number of hydrogen-bond donors (Lipinski definition) is 1. The van der Waals surface area contributed by atoms with Gasteiger partial charge in [0.15, 0.2) is 6.61 Å². The predicted molar refractivity (Wildman–Crippen MR) is 102 cm³/mol. The number of ether oxygens (including phenoxy) is 1. The summed E-state index contributed by atoms with van der Waals surface area (Å²) >= 11 is 19.6. The van der Waals surface area contributed by atoms with Gasteiger partial charge in [0.25, 0.3) is 5.91 Å². The zero-order valence-electron chi connectivity index (χ0n) is 13.4. The molecular formula is C17H17Cl3N2O2S. The fraction of sp³-hybridized carbons (Fsp3) is 0.412. The number of fused-ring (bicyclic) bond motifs is 1. The van der Waals surface area contributed by atoms with E-state index in [4.69, 9.17) is 39.5 Å². The Labute approximate surface area is 165 Å². The lowest BCUT2D eigenvalue weighted by molar-refractivity contribution is -0.123. The minimum absolute atomic E-state index is 0.133.